The van der Waals surface area contributed by atoms with Gasteiger partial charge in [0.25, 0.3) is 0 Å². The van der Waals surface area contributed by atoms with E-state index in [4.69, 9.17) is 9.84 Å². The molecule has 1 aliphatic heterocycles. The van der Waals surface area contributed by atoms with Crippen LogP contribution in [0.1, 0.15) is 12.8 Å². The minimum Gasteiger partial charge on any atom is -0.479 e. The lowest BCUT2D eigenvalue weighted by atomic mass is 10.2. The van der Waals surface area contributed by atoms with Gasteiger partial charge in [-0.2, -0.15) is 0 Å². The Hall–Kier alpha value is -1.07. The summed E-state index contributed by atoms with van der Waals surface area (Å²) in [5.41, 5.74) is 0. The third kappa shape index (κ3) is 2.96. The van der Waals surface area contributed by atoms with Crippen LogP contribution in [0.25, 0.3) is 0 Å². The van der Waals surface area contributed by atoms with Gasteiger partial charge < -0.3 is 9.84 Å². The predicted octanol–water partition coefficient (Wildman–Crippen LogP) is 1.81. The smallest absolute Gasteiger partial charge is 0.332 e. The van der Waals surface area contributed by atoms with E-state index in [0.717, 1.165) is 17.2 Å². The normalized spacial score (nSPS) is 24.5. The highest BCUT2D eigenvalue weighted by Gasteiger charge is 2.30. The zero-order valence-electron chi connectivity index (χ0n) is 8.70. The number of aromatic nitrogens is 1. The molecule has 1 aromatic rings. The first kappa shape index (κ1) is 11.4. The van der Waals surface area contributed by atoms with Gasteiger partial charge in [0.2, 0.25) is 0 Å². The number of carboxylic acids is 1. The molecule has 1 N–H and O–H groups in total. The van der Waals surface area contributed by atoms with Crippen molar-refractivity contribution in [1.29, 1.82) is 0 Å². The Labute approximate surface area is 98.0 Å². The number of carboxylic acid groups (broad SMARTS) is 1. The Balaban J connectivity index is 1.78. The number of carbonyl (C=O) groups is 1. The lowest BCUT2D eigenvalue weighted by molar-refractivity contribution is -0.148. The van der Waals surface area contributed by atoms with E-state index in [-0.39, 0.29) is 6.10 Å². The summed E-state index contributed by atoms with van der Waals surface area (Å²) < 4.78 is 5.40. The molecule has 0 spiro atoms. The topological polar surface area (TPSA) is 59.4 Å². The van der Waals surface area contributed by atoms with Crippen molar-refractivity contribution in [1.82, 2.24) is 4.98 Å². The molecule has 0 aliphatic carbocycles. The van der Waals surface area contributed by atoms with Crippen molar-refractivity contribution in [3.05, 3.63) is 24.4 Å². The molecule has 1 aromatic heterocycles. The molecule has 1 aliphatic rings. The number of nitrogens with zero attached hydrogens (tertiary/aromatic N) is 1. The second kappa shape index (κ2) is 5.32. The Morgan fingerprint density at radius 3 is 3.06 bits per heavy atom. The van der Waals surface area contributed by atoms with Crippen molar-refractivity contribution in [3.63, 3.8) is 0 Å². The van der Waals surface area contributed by atoms with Gasteiger partial charge >= 0.3 is 5.97 Å². The SMILES string of the molecule is O=C(O)C1CCC(CSc2ccccn2)O1. The Morgan fingerprint density at radius 2 is 2.44 bits per heavy atom. The number of rotatable bonds is 4. The first-order valence-electron chi connectivity index (χ1n) is 5.18. The minimum absolute atomic E-state index is 0.0353. The van der Waals surface area contributed by atoms with Crippen LogP contribution in [0.5, 0.6) is 0 Å². The second-order valence-corrected chi connectivity index (χ2v) is 4.68. The fourth-order valence-electron chi connectivity index (χ4n) is 1.62. The largest absolute Gasteiger partial charge is 0.479 e. The lowest BCUT2D eigenvalue weighted by Gasteiger charge is -2.09. The molecule has 0 saturated carbocycles. The van der Waals surface area contributed by atoms with Crippen molar-refractivity contribution in [2.45, 2.75) is 30.1 Å². The molecule has 2 unspecified atom stereocenters. The molecule has 0 radical (unpaired) electrons. The molecule has 1 fully saturated rings. The molecule has 0 aromatic carbocycles. The third-order valence-corrected chi connectivity index (χ3v) is 3.51. The van der Waals surface area contributed by atoms with E-state index in [2.05, 4.69) is 4.98 Å². The Kier molecular flexibility index (Phi) is 3.79. The highest BCUT2D eigenvalue weighted by molar-refractivity contribution is 7.99. The molecule has 2 heterocycles. The van der Waals surface area contributed by atoms with Crippen LogP contribution >= 0.6 is 11.8 Å². The van der Waals surface area contributed by atoms with Gasteiger partial charge in [0.1, 0.15) is 0 Å². The second-order valence-electron chi connectivity index (χ2n) is 3.64. The fraction of sp³-hybridized carbons (Fsp3) is 0.455. The van der Waals surface area contributed by atoms with E-state index in [9.17, 15) is 4.79 Å². The summed E-state index contributed by atoms with van der Waals surface area (Å²) in [6, 6.07) is 5.75. The van der Waals surface area contributed by atoms with Crippen LogP contribution in [0.4, 0.5) is 0 Å². The molecule has 0 amide bonds. The number of ether oxygens (including phenoxy) is 1. The Bertz CT molecular complexity index is 358. The maximum atomic E-state index is 10.7. The van der Waals surface area contributed by atoms with Crippen molar-refractivity contribution < 1.29 is 14.6 Å². The van der Waals surface area contributed by atoms with Gasteiger partial charge in [0, 0.05) is 11.9 Å². The molecule has 86 valence electrons. The van der Waals surface area contributed by atoms with Crippen molar-refractivity contribution in [3.8, 4) is 0 Å². The van der Waals surface area contributed by atoms with E-state index < -0.39 is 12.1 Å². The monoisotopic (exact) mass is 239 g/mol. The molecule has 4 nitrogen and oxygen atoms in total. The van der Waals surface area contributed by atoms with Crippen LogP contribution in [0.2, 0.25) is 0 Å². The van der Waals surface area contributed by atoms with E-state index in [0.29, 0.717) is 6.42 Å². The molecule has 5 heteroatoms. The van der Waals surface area contributed by atoms with Crippen molar-refractivity contribution in [2.24, 2.45) is 0 Å². The van der Waals surface area contributed by atoms with Gasteiger partial charge in [-0.15, -0.1) is 11.8 Å². The van der Waals surface area contributed by atoms with E-state index in [1.165, 1.54) is 0 Å². The fourth-order valence-corrected chi connectivity index (χ4v) is 2.53. The highest BCUT2D eigenvalue weighted by atomic mass is 32.2. The zero-order valence-corrected chi connectivity index (χ0v) is 9.52. The number of aliphatic carboxylic acids is 1. The summed E-state index contributed by atoms with van der Waals surface area (Å²) in [5.74, 6) is -0.0915. The Morgan fingerprint density at radius 1 is 1.56 bits per heavy atom. The molecule has 2 atom stereocenters. The van der Waals surface area contributed by atoms with E-state index in [1.54, 1.807) is 18.0 Å². The number of pyridine rings is 1. The van der Waals surface area contributed by atoms with Gasteiger partial charge in [-0.3, -0.25) is 0 Å². The van der Waals surface area contributed by atoms with Crippen molar-refractivity contribution in [2.75, 3.05) is 5.75 Å². The van der Waals surface area contributed by atoms with Crippen LogP contribution in [0.3, 0.4) is 0 Å². The van der Waals surface area contributed by atoms with Gasteiger partial charge in [0.15, 0.2) is 6.10 Å². The molecule has 2 rings (SSSR count). The van der Waals surface area contributed by atoms with E-state index >= 15 is 0 Å². The molecular weight excluding hydrogens is 226 g/mol. The standard InChI is InChI=1S/C11H13NO3S/c13-11(14)9-5-4-8(15-9)7-16-10-3-1-2-6-12-10/h1-3,6,8-9H,4-5,7H2,(H,13,14). The summed E-state index contributed by atoms with van der Waals surface area (Å²) in [7, 11) is 0. The minimum atomic E-state index is -0.856. The first-order chi connectivity index (χ1) is 7.75. The van der Waals surface area contributed by atoms with E-state index in [1.807, 2.05) is 18.2 Å². The summed E-state index contributed by atoms with van der Waals surface area (Å²) in [4.78, 5) is 14.9. The van der Waals surface area contributed by atoms with Gasteiger partial charge in [-0.1, -0.05) is 6.07 Å². The van der Waals surface area contributed by atoms with Crippen LogP contribution in [-0.2, 0) is 9.53 Å². The average molecular weight is 239 g/mol. The van der Waals surface area contributed by atoms with Crippen LogP contribution in [0.15, 0.2) is 29.4 Å². The molecular formula is C11H13NO3S. The maximum Gasteiger partial charge on any atom is 0.332 e. The van der Waals surface area contributed by atoms with Crippen molar-refractivity contribution >= 4 is 17.7 Å². The average Bonchev–Trinajstić information content (AvgIpc) is 2.76. The summed E-state index contributed by atoms with van der Waals surface area (Å²) in [6.45, 7) is 0. The highest BCUT2D eigenvalue weighted by Crippen LogP contribution is 2.25. The summed E-state index contributed by atoms with van der Waals surface area (Å²) in [6.07, 6.45) is 2.60. The third-order valence-electron chi connectivity index (χ3n) is 2.44. The quantitative estimate of drug-likeness (QED) is 0.812. The van der Waals surface area contributed by atoms with Gasteiger partial charge in [-0.05, 0) is 25.0 Å². The molecule has 16 heavy (non-hydrogen) atoms. The number of hydrogen-bond donors (Lipinski definition) is 1. The maximum absolute atomic E-state index is 10.7. The van der Waals surface area contributed by atoms with Crippen LogP contribution in [0, 0.1) is 0 Å². The lowest BCUT2D eigenvalue weighted by Crippen LogP contribution is -2.21. The van der Waals surface area contributed by atoms with Crippen LogP contribution < -0.4 is 0 Å². The number of thioether (sulfide) groups is 1. The zero-order chi connectivity index (χ0) is 11.4. The van der Waals surface area contributed by atoms with Gasteiger partial charge in [0.05, 0.1) is 11.1 Å². The predicted molar refractivity (Wildman–Crippen MR) is 60.5 cm³/mol. The molecule has 0 bridgehead atoms. The molecule has 1 saturated heterocycles. The summed E-state index contributed by atoms with van der Waals surface area (Å²) >= 11 is 1.60. The number of hydrogen-bond acceptors (Lipinski definition) is 4. The first-order valence-corrected chi connectivity index (χ1v) is 6.16. The summed E-state index contributed by atoms with van der Waals surface area (Å²) in [5, 5.41) is 9.72. The van der Waals surface area contributed by atoms with Crippen LogP contribution in [-0.4, -0.2) is 34.0 Å². The van der Waals surface area contributed by atoms with Gasteiger partial charge in [-0.25, -0.2) is 9.78 Å².